The molecule has 0 aromatic carbocycles. The SMILES string of the molecule is CC/C=C\C/C=C\C/C=C\CCCCCCC(=O)OC(COC(=O)C/C=C\C/C=C\C/C=C\CC)COC(=O)CCCCCCCCCCCCCCCCCCCC. The summed E-state index contributed by atoms with van der Waals surface area (Å²) in [6, 6.07) is 0. The largest absolute Gasteiger partial charge is 0.462 e. The van der Waals surface area contributed by atoms with Crippen LogP contribution in [0.15, 0.2) is 72.9 Å². The highest BCUT2D eigenvalue weighted by atomic mass is 16.6. The molecular weight excluding hydrogens is 733 g/mol. The third-order valence-electron chi connectivity index (χ3n) is 10.2. The van der Waals surface area contributed by atoms with E-state index in [1.165, 1.54) is 96.3 Å². The molecule has 0 spiro atoms. The number of allylic oxidation sites excluding steroid dienone is 11. The monoisotopic (exact) mass is 823 g/mol. The van der Waals surface area contributed by atoms with E-state index in [0.717, 1.165) is 89.9 Å². The van der Waals surface area contributed by atoms with Crippen LogP contribution in [0.5, 0.6) is 0 Å². The lowest BCUT2D eigenvalue weighted by Gasteiger charge is -2.18. The Morgan fingerprint density at radius 1 is 0.373 bits per heavy atom. The zero-order valence-corrected chi connectivity index (χ0v) is 38.5. The van der Waals surface area contributed by atoms with Gasteiger partial charge in [0.25, 0.3) is 0 Å². The van der Waals surface area contributed by atoms with Gasteiger partial charge in [-0.2, -0.15) is 0 Å². The summed E-state index contributed by atoms with van der Waals surface area (Å²) in [7, 11) is 0. The minimum atomic E-state index is -0.819. The summed E-state index contributed by atoms with van der Waals surface area (Å²) in [5.74, 6) is -1.06. The molecular formula is C53H90O6. The van der Waals surface area contributed by atoms with Crippen LogP contribution in [0, 0.1) is 0 Å². The van der Waals surface area contributed by atoms with E-state index in [4.69, 9.17) is 14.2 Å². The Hall–Kier alpha value is -3.15. The second kappa shape index (κ2) is 47.5. The molecule has 0 fully saturated rings. The van der Waals surface area contributed by atoms with Crippen molar-refractivity contribution in [3.05, 3.63) is 72.9 Å². The van der Waals surface area contributed by atoms with E-state index in [2.05, 4.69) is 81.5 Å². The number of ether oxygens (including phenoxy) is 3. The topological polar surface area (TPSA) is 78.9 Å². The number of rotatable bonds is 43. The first-order valence-electron chi connectivity index (χ1n) is 24.4. The van der Waals surface area contributed by atoms with Gasteiger partial charge in [0.05, 0.1) is 6.42 Å². The van der Waals surface area contributed by atoms with Gasteiger partial charge in [0.15, 0.2) is 6.10 Å². The number of carbonyl (C=O) groups is 3. The zero-order valence-electron chi connectivity index (χ0n) is 38.5. The first-order chi connectivity index (χ1) is 29.0. The van der Waals surface area contributed by atoms with Crippen LogP contribution in [0.3, 0.4) is 0 Å². The average Bonchev–Trinajstić information content (AvgIpc) is 3.23. The first kappa shape index (κ1) is 55.9. The normalized spacial score (nSPS) is 12.7. The van der Waals surface area contributed by atoms with Crippen molar-refractivity contribution < 1.29 is 28.6 Å². The quantitative estimate of drug-likeness (QED) is 0.0264. The van der Waals surface area contributed by atoms with Crippen LogP contribution in [0.25, 0.3) is 0 Å². The molecule has 6 nitrogen and oxygen atoms in total. The molecule has 0 radical (unpaired) electrons. The Morgan fingerprint density at radius 3 is 1.19 bits per heavy atom. The molecule has 0 aromatic rings. The Morgan fingerprint density at radius 2 is 0.729 bits per heavy atom. The summed E-state index contributed by atoms with van der Waals surface area (Å²) in [6.45, 7) is 6.29. The van der Waals surface area contributed by atoms with Crippen LogP contribution >= 0.6 is 0 Å². The van der Waals surface area contributed by atoms with Crippen LogP contribution in [-0.2, 0) is 28.6 Å². The smallest absolute Gasteiger partial charge is 0.309 e. The summed E-state index contributed by atoms with van der Waals surface area (Å²) >= 11 is 0. The van der Waals surface area contributed by atoms with Crippen molar-refractivity contribution in [1.29, 1.82) is 0 Å². The molecule has 0 aliphatic rings. The van der Waals surface area contributed by atoms with E-state index >= 15 is 0 Å². The molecule has 6 heteroatoms. The molecule has 0 saturated carbocycles. The highest BCUT2D eigenvalue weighted by Crippen LogP contribution is 2.15. The second-order valence-electron chi connectivity index (χ2n) is 16.0. The lowest BCUT2D eigenvalue weighted by atomic mass is 10.0. The summed E-state index contributed by atoms with van der Waals surface area (Å²) in [6.07, 6.45) is 59.3. The van der Waals surface area contributed by atoms with Crippen LogP contribution in [0.4, 0.5) is 0 Å². The third-order valence-corrected chi connectivity index (χ3v) is 10.2. The highest BCUT2D eigenvalue weighted by Gasteiger charge is 2.19. The molecule has 0 amide bonds. The fraction of sp³-hybridized carbons (Fsp3) is 0.717. The second-order valence-corrected chi connectivity index (χ2v) is 16.0. The molecule has 0 aromatic heterocycles. The molecule has 1 atom stereocenters. The van der Waals surface area contributed by atoms with Crippen molar-refractivity contribution >= 4 is 17.9 Å². The van der Waals surface area contributed by atoms with Crippen LogP contribution in [0.1, 0.15) is 226 Å². The van der Waals surface area contributed by atoms with E-state index in [1.807, 2.05) is 6.08 Å². The minimum Gasteiger partial charge on any atom is -0.462 e. The van der Waals surface area contributed by atoms with E-state index in [-0.39, 0.29) is 38.0 Å². The average molecular weight is 823 g/mol. The van der Waals surface area contributed by atoms with Gasteiger partial charge >= 0.3 is 17.9 Å². The maximum Gasteiger partial charge on any atom is 0.309 e. The molecule has 0 aliphatic carbocycles. The van der Waals surface area contributed by atoms with E-state index < -0.39 is 12.1 Å². The Bertz CT molecular complexity index is 1130. The summed E-state index contributed by atoms with van der Waals surface area (Å²) in [4.78, 5) is 37.7. The molecule has 0 rings (SSSR count). The van der Waals surface area contributed by atoms with Gasteiger partial charge < -0.3 is 14.2 Å². The summed E-state index contributed by atoms with van der Waals surface area (Å²) in [5.41, 5.74) is 0. The predicted octanol–water partition coefficient (Wildman–Crippen LogP) is 15.9. The molecule has 0 bridgehead atoms. The standard InChI is InChI=1S/C53H90O6/c1-4-7-10-13-16-19-21-23-25-26-27-28-30-31-34-37-40-43-46-52(55)58-49-50(48-57-51(54)45-42-39-36-33-18-15-12-9-6-3)59-53(56)47-44-41-38-35-32-29-24-22-20-17-14-11-8-5-2/h8-9,11-12,17-18,20,24,29,33,39,42,50H,4-7,10,13-16,19,21-23,25-28,30-32,34-38,40-41,43-49H2,1-3H3/b11-8-,12-9-,20-17-,29-24-,33-18-,42-39-. The molecule has 0 heterocycles. The van der Waals surface area contributed by atoms with Crippen molar-refractivity contribution in [3.63, 3.8) is 0 Å². The fourth-order valence-corrected chi connectivity index (χ4v) is 6.63. The van der Waals surface area contributed by atoms with Gasteiger partial charge in [0, 0.05) is 12.8 Å². The molecule has 59 heavy (non-hydrogen) atoms. The van der Waals surface area contributed by atoms with Gasteiger partial charge in [-0.1, -0.05) is 216 Å². The number of carbonyl (C=O) groups excluding carboxylic acids is 3. The van der Waals surface area contributed by atoms with E-state index in [9.17, 15) is 14.4 Å². The zero-order chi connectivity index (χ0) is 43.0. The maximum absolute atomic E-state index is 12.7. The van der Waals surface area contributed by atoms with Gasteiger partial charge in [0.2, 0.25) is 0 Å². The van der Waals surface area contributed by atoms with Crippen molar-refractivity contribution in [2.45, 2.75) is 232 Å². The van der Waals surface area contributed by atoms with Crippen LogP contribution in [-0.4, -0.2) is 37.2 Å². The molecule has 0 N–H and O–H groups in total. The minimum absolute atomic E-state index is 0.110. The Balaban J connectivity index is 4.37. The van der Waals surface area contributed by atoms with E-state index in [0.29, 0.717) is 6.42 Å². The molecule has 338 valence electrons. The molecule has 0 aliphatic heterocycles. The number of esters is 3. The lowest BCUT2D eigenvalue weighted by molar-refractivity contribution is -0.166. The number of unbranched alkanes of at least 4 members (excludes halogenated alkanes) is 21. The first-order valence-corrected chi connectivity index (χ1v) is 24.4. The van der Waals surface area contributed by atoms with Gasteiger partial charge in [0.1, 0.15) is 13.2 Å². The van der Waals surface area contributed by atoms with Gasteiger partial charge in [-0.15, -0.1) is 0 Å². The maximum atomic E-state index is 12.7. The Kier molecular flexibility index (Phi) is 45.0. The Labute approximate surface area is 363 Å². The third kappa shape index (κ3) is 45.8. The molecule has 1 unspecified atom stereocenters. The van der Waals surface area contributed by atoms with Crippen molar-refractivity contribution in [1.82, 2.24) is 0 Å². The van der Waals surface area contributed by atoms with Crippen molar-refractivity contribution in [2.75, 3.05) is 13.2 Å². The molecule has 0 saturated heterocycles. The van der Waals surface area contributed by atoms with Gasteiger partial charge in [-0.3, -0.25) is 14.4 Å². The van der Waals surface area contributed by atoms with Crippen molar-refractivity contribution in [3.8, 4) is 0 Å². The van der Waals surface area contributed by atoms with E-state index in [1.54, 1.807) is 6.08 Å². The number of hydrogen-bond acceptors (Lipinski definition) is 6. The van der Waals surface area contributed by atoms with Gasteiger partial charge in [-0.25, -0.2) is 0 Å². The highest BCUT2D eigenvalue weighted by molar-refractivity contribution is 5.72. The number of hydrogen-bond donors (Lipinski definition) is 0. The van der Waals surface area contributed by atoms with Crippen molar-refractivity contribution in [2.24, 2.45) is 0 Å². The van der Waals surface area contributed by atoms with Crippen LogP contribution < -0.4 is 0 Å². The van der Waals surface area contributed by atoms with Crippen LogP contribution in [0.2, 0.25) is 0 Å². The summed E-state index contributed by atoms with van der Waals surface area (Å²) < 4.78 is 16.6. The van der Waals surface area contributed by atoms with Gasteiger partial charge in [-0.05, 0) is 64.2 Å². The fourth-order valence-electron chi connectivity index (χ4n) is 6.63. The summed E-state index contributed by atoms with van der Waals surface area (Å²) in [5, 5.41) is 0. The lowest BCUT2D eigenvalue weighted by Crippen LogP contribution is -2.30. The predicted molar refractivity (Wildman–Crippen MR) is 251 cm³/mol.